The van der Waals surface area contributed by atoms with E-state index in [2.05, 4.69) is 15.5 Å². The predicted octanol–water partition coefficient (Wildman–Crippen LogP) is 3.44. The largest absolute Gasteiger partial charge is 0.465 e. The number of nitrogens with zero attached hydrogens (tertiary/aromatic N) is 3. The average Bonchev–Trinajstić information content (AvgIpc) is 3.17. The third-order valence-electron chi connectivity index (χ3n) is 4.33. The summed E-state index contributed by atoms with van der Waals surface area (Å²) in [5.41, 5.74) is 1.33. The highest BCUT2D eigenvalue weighted by Gasteiger charge is 2.16. The molecule has 0 saturated carbocycles. The van der Waals surface area contributed by atoms with Crippen LogP contribution < -0.4 is 5.32 Å². The highest BCUT2D eigenvalue weighted by atomic mass is 35.5. The van der Waals surface area contributed by atoms with Crippen LogP contribution in [0.1, 0.15) is 20.7 Å². The topological polar surface area (TPSA) is 112 Å². The molecule has 0 spiro atoms. The molecule has 11 heteroatoms. The van der Waals surface area contributed by atoms with Crippen LogP contribution in [0.15, 0.2) is 47.6 Å². The van der Waals surface area contributed by atoms with Crippen molar-refractivity contribution in [2.45, 2.75) is 5.16 Å². The van der Waals surface area contributed by atoms with Gasteiger partial charge in [0, 0.05) is 23.3 Å². The van der Waals surface area contributed by atoms with Crippen molar-refractivity contribution in [1.29, 1.82) is 0 Å². The number of aromatic nitrogens is 3. The van der Waals surface area contributed by atoms with E-state index in [4.69, 9.17) is 21.1 Å². The number of halogens is 1. The first-order valence-electron chi connectivity index (χ1n) is 9.22. The van der Waals surface area contributed by atoms with Gasteiger partial charge in [0.25, 0.3) is 0 Å². The monoisotopic (exact) mass is 474 g/mol. The van der Waals surface area contributed by atoms with E-state index in [0.29, 0.717) is 16.0 Å². The number of methoxy groups -OCH3 is 2. The number of hydrogen-bond acceptors (Lipinski definition) is 8. The zero-order valence-corrected chi connectivity index (χ0v) is 19.0. The smallest absolute Gasteiger partial charge is 0.337 e. The van der Waals surface area contributed by atoms with E-state index in [1.165, 1.54) is 44.2 Å². The Balaban J connectivity index is 1.70. The lowest BCUT2D eigenvalue weighted by Crippen LogP contribution is -2.16. The molecule has 0 aliphatic heterocycles. The molecule has 1 aromatic heterocycles. The maximum absolute atomic E-state index is 12.5. The molecule has 1 amide bonds. The Morgan fingerprint density at radius 3 is 2.16 bits per heavy atom. The van der Waals surface area contributed by atoms with Gasteiger partial charge in [0.2, 0.25) is 5.91 Å². The first kappa shape index (κ1) is 23.3. The number of carbonyl (C=O) groups is 3. The minimum Gasteiger partial charge on any atom is -0.465 e. The third-order valence-corrected chi connectivity index (χ3v) is 5.60. The Bertz CT molecular complexity index is 1130. The number of thioether (sulfide) groups is 1. The molecule has 3 rings (SSSR count). The highest BCUT2D eigenvalue weighted by molar-refractivity contribution is 7.99. The van der Waals surface area contributed by atoms with Crippen molar-refractivity contribution in [3.63, 3.8) is 0 Å². The van der Waals surface area contributed by atoms with E-state index in [1.54, 1.807) is 23.7 Å². The summed E-state index contributed by atoms with van der Waals surface area (Å²) >= 11 is 7.11. The molecule has 0 bridgehead atoms. The zero-order chi connectivity index (χ0) is 23.3. The second kappa shape index (κ2) is 10.3. The molecule has 0 saturated heterocycles. The van der Waals surface area contributed by atoms with Gasteiger partial charge in [0.05, 0.1) is 31.1 Å². The fourth-order valence-corrected chi connectivity index (χ4v) is 3.63. The van der Waals surface area contributed by atoms with Crippen molar-refractivity contribution in [3.8, 4) is 11.4 Å². The van der Waals surface area contributed by atoms with Crippen LogP contribution in [-0.4, -0.2) is 52.6 Å². The van der Waals surface area contributed by atoms with E-state index in [0.717, 1.165) is 5.56 Å². The second-order valence-corrected chi connectivity index (χ2v) is 7.87. The number of hydrogen-bond donors (Lipinski definition) is 1. The van der Waals surface area contributed by atoms with E-state index in [9.17, 15) is 14.4 Å². The minimum atomic E-state index is -0.644. The summed E-state index contributed by atoms with van der Waals surface area (Å²) in [6.07, 6.45) is 0. The van der Waals surface area contributed by atoms with Gasteiger partial charge in [-0.1, -0.05) is 23.4 Å². The first-order valence-corrected chi connectivity index (χ1v) is 10.6. The van der Waals surface area contributed by atoms with Gasteiger partial charge in [-0.3, -0.25) is 4.79 Å². The number of amides is 1. The normalized spacial score (nSPS) is 10.5. The van der Waals surface area contributed by atoms with Gasteiger partial charge >= 0.3 is 11.9 Å². The van der Waals surface area contributed by atoms with Gasteiger partial charge in [-0.2, -0.15) is 0 Å². The summed E-state index contributed by atoms with van der Waals surface area (Å²) in [4.78, 5) is 36.2. The molecular weight excluding hydrogens is 456 g/mol. The molecule has 0 unspecified atom stereocenters. The van der Waals surface area contributed by atoms with Gasteiger partial charge < -0.3 is 19.4 Å². The minimum absolute atomic E-state index is 0.0304. The van der Waals surface area contributed by atoms with Crippen LogP contribution in [0.5, 0.6) is 0 Å². The van der Waals surface area contributed by atoms with E-state index in [-0.39, 0.29) is 28.5 Å². The average molecular weight is 475 g/mol. The molecule has 32 heavy (non-hydrogen) atoms. The second-order valence-electron chi connectivity index (χ2n) is 6.49. The quantitative estimate of drug-likeness (QED) is 0.409. The summed E-state index contributed by atoms with van der Waals surface area (Å²) in [7, 11) is 4.25. The van der Waals surface area contributed by atoms with Crippen molar-refractivity contribution >= 4 is 46.9 Å². The van der Waals surface area contributed by atoms with Crippen LogP contribution in [0, 0.1) is 0 Å². The van der Waals surface area contributed by atoms with Gasteiger partial charge in [-0.05, 0) is 42.5 Å². The van der Waals surface area contributed by atoms with Crippen molar-refractivity contribution in [2.75, 3.05) is 25.3 Å². The lowest BCUT2D eigenvalue weighted by atomic mass is 10.1. The molecule has 0 aliphatic carbocycles. The molecular formula is C21H19ClN4O5S. The zero-order valence-electron chi connectivity index (χ0n) is 17.4. The molecule has 0 fully saturated rings. The van der Waals surface area contributed by atoms with Crippen molar-refractivity contribution in [3.05, 3.63) is 58.6 Å². The van der Waals surface area contributed by atoms with Crippen LogP contribution in [-0.2, 0) is 21.3 Å². The van der Waals surface area contributed by atoms with E-state index in [1.807, 2.05) is 12.1 Å². The van der Waals surface area contributed by atoms with Gasteiger partial charge in [-0.15, -0.1) is 10.2 Å². The van der Waals surface area contributed by atoms with Crippen LogP contribution >= 0.6 is 23.4 Å². The van der Waals surface area contributed by atoms with Crippen molar-refractivity contribution in [2.24, 2.45) is 7.05 Å². The van der Waals surface area contributed by atoms with Crippen molar-refractivity contribution < 1.29 is 23.9 Å². The Hall–Kier alpha value is -3.37. The summed E-state index contributed by atoms with van der Waals surface area (Å²) in [6, 6.07) is 11.4. The molecule has 166 valence electrons. The van der Waals surface area contributed by atoms with Gasteiger partial charge in [-0.25, -0.2) is 9.59 Å². The van der Waals surface area contributed by atoms with Crippen LogP contribution in [0.25, 0.3) is 11.4 Å². The molecule has 0 atom stereocenters. The fourth-order valence-electron chi connectivity index (χ4n) is 2.79. The molecule has 0 radical (unpaired) electrons. The first-order chi connectivity index (χ1) is 15.3. The Labute approximate surface area is 193 Å². The summed E-state index contributed by atoms with van der Waals surface area (Å²) in [5, 5.41) is 12.1. The standard InChI is InChI=1S/C21H19ClN4O5S/c1-26-18(12-4-6-15(22)7-5-12)24-25-21(26)32-11-17(27)23-16-9-13(19(28)30-2)8-14(10-16)20(29)31-3/h4-10H,11H2,1-3H3,(H,23,27). The third kappa shape index (κ3) is 5.45. The summed E-state index contributed by atoms with van der Waals surface area (Å²) in [5.74, 6) is -0.978. The highest BCUT2D eigenvalue weighted by Crippen LogP contribution is 2.24. The number of nitrogens with one attached hydrogen (secondary N) is 1. The molecule has 0 aliphatic rings. The maximum atomic E-state index is 12.5. The van der Waals surface area contributed by atoms with Gasteiger partial charge in [0.1, 0.15) is 0 Å². The van der Waals surface area contributed by atoms with Gasteiger partial charge in [0.15, 0.2) is 11.0 Å². The fraction of sp³-hybridized carbons (Fsp3) is 0.190. The molecule has 3 aromatic rings. The lowest BCUT2D eigenvalue weighted by Gasteiger charge is -2.09. The molecule has 9 nitrogen and oxygen atoms in total. The SMILES string of the molecule is COC(=O)c1cc(NC(=O)CSc2nnc(-c3ccc(Cl)cc3)n2C)cc(C(=O)OC)c1. The Kier molecular flexibility index (Phi) is 7.49. The maximum Gasteiger partial charge on any atom is 0.337 e. The van der Waals surface area contributed by atoms with Crippen LogP contribution in [0.4, 0.5) is 5.69 Å². The molecule has 2 aromatic carbocycles. The van der Waals surface area contributed by atoms with Crippen LogP contribution in [0.3, 0.4) is 0 Å². The predicted molar refractivity (Wildman–Crippen MR) is 120 cm³/mol. The number of anilines is 1. The van der Waals surface area contributed by atoms with Crippen LogP contribution in [0.2, 0.25) is 5.02 Å². The summed E-state index contributed by atoms with van der Waals surface area (Å²) in [6.45, 7) is 0. The van der Waals surface area contributed by atoms with Crippen molar-refractivity contribution in [1.82, 2.24) is 14.8 Å². The van der Waals surface area contributed by atoms with E-state index >= 15 is 0 Å². The summed E-state index contributed by atoms with van der Waals surface area (Å²) < 4.78 is 11.2. The number of ether oxygens (including phenoxy) is 2. The Morgan fingerprint density at radius 1 is 1.00 bits per heavy atom. The molecule has 1 heterocycles. The lowest BCUT2D eigenvalue weighted by molar-refractivity contribution is -0.113. The number of benzene rings is 2. The Morgan fingerprint density at radius 2 is 1.59 bits per heavy atom. The van der Waals surface area contributed by atoms with E-state index < -0.39 is 11.9 Å². The number of esters is 2. The molecule has 1 N–H and O–H groups in total. The number of rotatable bonds is 7. The number of carbonyl (C=O) groups excluding carboxylic acids is 3.